The van der Waals surface area contributed by atoms with Crippen LogP contribution in [0.4, 0.5) is 0 Å². The van der Waals surface area contributed by atoms with E-state index in [1.807, 2.05) is 0 Å². The molecule has 0 aromatic rings. The molecule has 0 aromatic heterocycles. The summed E-state index contributed by atoms with van der Waals surface area (Å²) in [5, 5.41) is 3.38. The van der Waals surface area contributed by atoms with E-state index in [9.17, 15) is 4.79 Å². The zero-order chi connectivity index (χ0) is 13.1. The first-order valence-electron chi connectivity index (χ1n) is 8.05. The van der Waals surface area contributed by atoms with Gasteiger partial charge in [-0.25, -0.2) is 0 Å². The van der Waals surface area contributed by atoms with Gasteiger partial charge in [0.25, 0.3) is 0 Å². The molecule has 0 aromatic carbocycles. The van der Waals surface area contributed by atoms with Crippen LogP contribution >= 0.6 is 24.8 Å². The van der Waals surface area contributed by atoms with Gasteiger partial charge in [-0.1, -0.05) is 6.42 Å². The number of carbonyl (C=O) groups is 1. The minimum Gasteiger partial charge on any atom is -0.340 e. The third kappa shape index (κ3) is 4.98. The number of piperidine rings is 1. The van der Waals surface area contributed by atoms with Crippen molar-refractivity contribution in [1.82, 2.24) is 15.1 Å². The highest BCUT2D eigenvalue weighted by Gasteiger charge is 2.31. The fraction of sp³-hybridized carbons (Fsp3) is 0.933. The van der Waals surface area contributed by atoms with Gasteiger partial charge in [0, 0.05) is 32.1 Å². The Labute approximate surface area is 140 Å². The van der Waals surface area contributed by atoms with E-state index < -0.39 is 0 Å². The van der Waals surface area contributed by atoms with Gasteiger partial charge in [-0.3, -0.25) is 9.69 Å². The molecule has 0 bridgehead atoms. The Hall–Kier alpha value is -0.0300. The molecular formula is C15H29Cl2N3O. The molecule has 2 atom stereocenters. The van der Waals surface area contributed by atoms with Crippen LogP contribution in [0.15, 0.2) is 0 Å². The second-order valence-electron chi connectivity index (χ2n) is 6.42. The summed E-state index contributed by atoms with van der Waals surface area (Å²) >= 11 is 0. The minimum absolute atomic E-state index is 0. The van der Waals surface area contributed by atoms with E-state index in [2.05, 4.69) is 15.1 Å². The molecule has 124 valence electrons. The van der Waals surface area contributed by atoms with Crippen molar-refractivity contribution in [3.05, 3.63) is 0 Å². The fourth-order valence-electron chi connectivity index (χ4n) is 3.83. The SMILES string of the molecule is Cl.Cl.O=C(CCC1CCNC1)N1CCN2CCCCC2C1. The van der Waals surface area contributed by atoms with Crippen LogP contribution in [0.1, 0.15) is 38.5 Å². The summed E-state index contributed by atoms with van der Waals surface area (Å²) in [6, 6.07) is 0.652. The first kappa shape index (κ1) is 19.0. The van der Waals surface area contributed by atoms with Crippen molar-refractivity contribution in [3.8, 4) is 0 Å². The van der Waals surface area contributed by atoms with E-state index in [0.717, 1.165) is 51.5 Å². The van der Waals surface area contributed by atoms with E-state index in [-0.39, 0.29) is 24.8 Å². The highest BCUT2D eigenvalue weighted by Crippen LogP contribution is 2.22. The fourth-order valence-corrected chi connectivity index (χ4v) is 3.83. The van der Waals surface area contributed by atoms with Crippen LogP contribution in [0.25, 0.3) is 0 Å². The maximum Gasteiger partial charge on any atom is 0.222 e. The number of carbonyl (C=O) groups excluding carboxylic acids is 1. The maximum absolute atomic E-state index is 12.3. The van der Waals surface area contributed by atoms with Gasteiger partial charge in [0.2, 0.25) is 5.91 Å². The normalized spacial score (nSPS) is 29.2. The second kappa shape index (κ2) is 9.19. The molecular weight excluding hydrogens is 309 g/mol. The number of piperazine rings is 1. The van der Waals surface area contributed by atoms with Gasteiger partial charge in [-0.2, -0.15) is 0 Å². The molecule has 3 saturated heterocycles. The van der Waals surface area contributed by atoms with E-state index in [4.69, 9.17) is 0 Å². The summed E-state index contributed by atoms with van der Waals surface area (Å²) < 4.78 is 0. The number of nitrogens with one attached hydrogen (secondary N) is 1. The van der Waals surface area contributed by atoms with Crippen molar-refractivity contribution in [1.29, 1.82) is 0 Å². The molecule has 6 heteroatoms. The van der Waals surface area contributed by atoms with E-state index in [1.165, 1.54) is 32.2 Å². The lowest BCUT2D eigenvalue weighted by Crippen LogP contribution is -2.56. The van der Waals surface area contributed by atoms with Crippen LogP contribution < -0.4 is 5.32 Å². The topological polar surface area (TPSA) is 35.6 Å². The molecule has 3 heterocycles. The molecule has 3 fully saturated rings. The van der Waals surface area contributed by atoms with E-state index >= 15 is 0 Å². The molecule has 0 spiro atoms. The van der Waals surface area contributed by atoms with Crippen LogP contribution in [0, 0.1) is 5.92 Å². The zero-order valence-electron chi connectivity index (χ0n) is 12.8. The monoisotopic (exact) mass is 337 g/mol. The third-order valence-corrected chi connectivity index (χ3v) is 5.12. The van der Waals surface area contributed by atoms with Crippen molar-refractivity contribution in [2.45, 2.75) is 44.6 Å². The standard InChI is InChI=1S/C15H27N3O.2ClH/c19-15(5-4-13-6-7-16-11-13)18-10-9-17-8-2-1-3-14(17)12-18;;/h13-14,16H,1-12H2;2*1H. The van der Waals surface area contributed by atoms with Gasteiger partial charge < -0.3 is 10.2 Å². The average molecular weight is 338 g/mol. The lowest BCUT2D eigenvalue weighted by molar-refractivity contribution is -0.135. The summed E-state index contributed by atoms with van der Waals surface area (Å²) in [5.41, 5.74) is 0. The molecule has 4 nitrogen and oxygen atoms in total. The van der Waals surface area contributed by atoms with Gasteiger partial charge in [0.15, 0.2) is 0 Å². The van der Waals surface area contributed by atoms with Crippen LogP contribution in [0.3, 0.4) is 0 Å². The van der Waals surface area contributed by atoms with Crippen molar-refractivity contribution in [2.24, 2.45) is 5.92 Å². The quantitative estimate of drug-likeness (QED) is 0.854. The average Bonchev–Trinajstić information content (AvgIpc) is 2.97. The molecule has 3 aliphatic rings. The van der Waals surface area contributed by atoms with Gasteiger partial charge >= 0.3 is 0 Å². The van der Waals surface area contributed by atoms with Crippen LogP contribution in [0.5, 0.6) is 0 Å². The number of halogens is 2. The highest BCUT2D eigenvalue weighted by molar-refractivity contribution is 5.85. The summed E-state index contributed by atoms with van der Waals surface area (Å²) in [5.74, 6) is 1.14. The van der Waals surface area contributed by atoms with Crippen molar-refractivity contribution in [2.75, 3.05) is 39.3 Å². The Bertz CT molecular complexity index is 324. The number of fused-ring (bicyclic) bond motifs is 1. The van der Waals surface area contributed by atoms with Gasteiger partial charge in [-0.05, 0) is 51.2 Å². The number of hydrogen-bond donors (Lipinski definition) is 1. The molecule has 1 amide bonds. The molecule has 0 aliphatic carbocycles. The van der Waals surface area contributed by atoms with Gasteiger partial charge in [-0.15, -0.1) is 24.8 Å². The number of nitrogens with zero attached hydrogens (tertiary/aromatic N) is 2. The number of hydrogen-bond acceptors (Lipinski definition) is 3. The minimum atomic E-state index is 0. The van der Waals surface area contributed by atoms with Crippen LogP contribution in [-0.2, 0) is 4.79 Å². The Morgan fingerprint density at radius 2 is 1.95 bits per heavy atom. The lowest BCUT2D eigenvalue weighted by atomic mass is 9.98. The summed E-state index contributed by atoms with van der Waals surface area (Å²) in [7, 11) is 0. The van der Waals surface area contributed by atoms with Gasteiger partial charge in [0.1, 0.15) is 0 Å². The smallest absolute Gasteiger partial charge is 0.222 e. The third-order valence-electron chi connectivity index (χ3n) is 5.12. The van der Waals surface area contributed by atoms with Crippen LogP contribution in [-0.4, -0.2) is 61.0 Å². The van der Waals surface area contributed by atoms with E-state index in [0.29, 0.717) is 11.9 Å². The Morgan fingerprint density at radius 1 is 1.10 bits per heavy atom. The number of rotatable bonds is 3. The highest BCUT2D eigenvalue weighted by atomic mass is 35.5. The van der Waals surface area contributed by atoms with Crippen molar-refractivity contribution < 1.29 is 4.79 Å². The Balaban J connectivity index is 0.00000110. The summed E-state index contributed by atoms with van der Waals surface area (Å²) in [6.45, 7) is 6.55. The molecule has 3 aliphatic heterocycles. The largest absolute Gasteiger partial charge is 0.340 e. The predicted molar refractivity (Wildman–Crippen MR) is 90.5 cm³/mol. The first-order chi connectivity index (χ1) is 9.33. The van der Waals surface area contributed by atoms with Crippen molar-refractivity contribution in [3.63, 3.8) is 0 Å². The summed E-state index contributed by atoms with van der Waals surface area (Å²) in [4.78, 5) is 17.0. The second-order valence-corrected chi connectivity index (χ2v) is 6.42. The molecule has 2 unspecified atom stereocenters. The van der Waals surface area contributed by atoms with Crippen molar-refractivity contribution >= 4 is 30.7 Å². The van der Waals surface area contributed by atoms with Gasteiger partial charge in [0.05, 0.1) is 0 Å². The molecule has 21 heavy (non-hydrogen) atoms. The predicted octanol–water partition coefficient (Wildman–Crippen LogP) is 1.92. The summed E-state index contributed by atoms with van der Waals surface area (Å²) in [6.07, 6.45) is 7.08. The molecule has 0 saturated carbocycles. The number of amides is 1. The van der Waals surface area contributed by atoms with E-state index in [1.54, 1.807) is 0 Å². The zero-order valence-corrected chi connectivity index (χ0v) is 14.4. The van der Waals surface area contributed by atoms with Crippen LogP contribution in [0.2, 0.25) is 0 Å². The molecule has 1 N–H and O–H groups in total. The molecule has 3 rings (SSSR count). The maximum atomic E-state index is 12.3. The Morgan fingerprint density at radius 3 is 2.71 bits per heavy atom. The Kier molecular flexibility index (Phi) is 8.32. The molecule has 0 radical (unpaired) electrons. The lowest BCUT2D eigenvalue weighted by Gasteiger charge is -2.44. The first-order valence-corrected chi connectivity index (χ1v) is 8.05.